The molecule has 0 amide bonds. The molecular weight excluding hydrogens is 337 g/mol. The molecule has 124 valence electrons. The second kappa shape index (κ2) is 8.99. The largest absolute Gasteiger partial charge is 0.508 e. The first kappa shape index (κ1) is 17.9. The molecular formula is C17H19Cl2NO3. The van der Waals surface area contributed by atoms with Crippen LogP contribution in [-0.4, -0.2) is 36.0 Å². The average Bonchev–Trinajstić information content (AvgIpc) is 2.54. The molecule has 0 unspecified atom stereocenters. The number of phenols is 1. The van der Waals surface area contributed by atoms with Crippen molar-refractivity contribution in [2.45, 2.75) is 12.5 Å². The third-order valence-electron chi connectivity index (χ3n) is 3.23. The fourth-order valence-electron chi connectivity index (χ4n) is 1.99. The van der Waals surface area contributed by atoms with E-state index < -0.39 is 6.10 Å². The molecule has 0 bridgehead atoms. The van der Waals surface area contributed by atoms with E-state index in [1.54, 1.807) is 18.2 Å². The fourth-order valence-corrected chi connectivity index (χ4v) is 2.31. The van der Waals surface area contributed by atoms with E-state index in [2.05, 4.69) is 5.32 Å². The van der Waals surface area contributed by atoms with Gasteiger partial charge in [0, 0.05) is 6.54 Å². The summed E-state index contributed by atoms with van der Waals surface area (Å²) in [6.45, 7) is 1.33. The molecule has 0 aliphatic heterocycles. The zero-order chi connectivity index (χ0) is 16.7. The topological polar surface area (TPSA) is 61.7 Å². The predicted molar refractivity (Wildman–Crippen MR) is 92.6 cm³/mol. The lowest BCUT2D eigenvalue weighted by Crippen LogP contribution is -2.32. The van der Waals surface area contributed by atoms with Crippen molar-refractivity contribution < 1.29 is 14.9 Å². The van der Waals surface area contributed by atoms with Crippen LogP contribution in [0.2, 0.25) is 10.0 Å². The molecule has 1 atom stereocenters. The molecule has 0 heterocycles. The summed E-state index contributed by atoms with van der Waals surface area (Å²) in [5, 5.41) is 23.3. The second-order valence-electron chi connectivity index (χ2n) is 5.16. The maximum atomic E-state index is 9.87. The molecule has 0 fully saturated rings. The summed E-state index contributed by atoms with van der Waals surface area (Å²) in [5.41, 5.74) is 1.08. The van der Waals surface area contributed by atoms with Gasteiger partial charge in [0.2, 0.25) is 0 Å². The number of nitrogens with one attached hydrogen (secondary N) is 1. The second-order valence-corrected chi connectivity index (χ2v) is 5.98. The number of hydrogen-bond acceptors (Lipinski definition) is 4. The Morgan fingerprint density at radius 1 is 1.04 bits per heavy atom. The Hall–Kier alpha value is -1.46. The molecule has 0 spiro atoms. The molecule has 0 aliphatic rings. The standard InChI is InChI=1S/C17H19Cl2NO3/c18-16-6-1-12(9-17(16)19)7-8-20-10-14(22)11-23-15-4-2-13(21)3-5-15/h1-6,9,14,20-22H,7-8,10-11H2/t14-/m0/s1. The first-order chi connectivity index (χ1) is 11.0. The van der Waals surface area contributed by atoms with Crippen LogP contribution in [0.1, 0.15) is 5.56 Å². The van der Waals surface area contributed by atoms with Crippen molar-refractivity contribution in [3.63, 3.8) is 0 Å². The first-order valence-electron chi connectivity index (χ1n) is 7.29. The molecule has 2 rings (SSSR count). The Labute approximate surface area is 145 Å². The number of rotatable bonds is 8. The number of benzene rings is 2. The molecule has 0 aromatic heterocycles. The van der Waals surface area contributed by atoms with Gasteiger partial charge in [-0.3, -0.25) is 0 Å². The Kier molecular flexibility index (Phi) is 6.99. The minimum atomic E-state index is -0.613. The smallest absolute Gasteiger partial charge is 0.119 e. The summed E-state index contributed by atoms with van der Waals surface area (Å²) >= 11 is 11.8. The lowest BCUT2D eigenvalue weighted by atomic mass is 10.1. The van der Waals surface area contributed by atoms with Gasteiger partial charge in [-0.2, -0.15) is 0 Å². The number of aliphatic hydroxyl groups is 1. The highest BCUT2D eigenvalue weighted by atomic mass is 35.5. The van der Waals surface area contributed by atoms with Crippen LogP contribution in [0.15, 0.2) is 42.5 Å². The minimum Gasteiger partial charge on any atom is -0.508 e. The average molecular weight is 356 g/mol. The number of aliphatic hydroxyl groups excluding tert-OH is 1. The Morgan fingerprint density at radius 2 is 1.78 bits per heavy atom. The lowest BCUT2D eigenvalue weighted by molar-refractivity contribution is 0.106. The quantitative estimate of drug-likeness (QED) is 0.636. The van der Waals surface area contributed by atoms with E-state index in [0.29, 0.717) is 28.9 Å². The number of hydrogen-bond donors (Lipinski definition) is 3. The van der Waals surface area contributed by atoms with Gasteiger partial charge in [-0.15, -0.1) is 0 Å². The van der Waals surface area contributed by atoms with Crippen molar-refractivity contribution in [3.05, 3.63) is 58.1 Å². The Morgan fingerprint density at radius 3 is 2.48 bits per heavy atom. The van der Waals surface area contributed by atoms with Gasteiger partial charge in [0.15, 0.2) is 0 Å². The molecule has 3 N–H and O–H groups in total. The van der Waals surface area contributed by atoms with E-state index in [9.17, 15) is 10.2 Å². The Bertz CT molecular complexity index is 620. The van der Waals surface area contributed by atoms with Crippen molar-refractivity contribution in [1.29, 1.82) is 0 Å². The zero-order valence-electron chi connectivity index (χ0n) is 12.5. The van der Waals surface area contributed by atoms with Crippen LogP contribution < -0.4 is 10.1 Å². The summed E-state index contributed by atoms with van der Waals surface area (Å²) in [6, 6.07) is 11.9. The Balaban J connectivity index is 1.63. The normalized spacial score (nSPS) is 12.1. The highest BCUT2D eigenvalue weighted by Crippen LogP contribution is 2.22. The monoisotopic (exact) mass is 355 g/mol. The van der Waals surface area contributed by atoms with E-state index in [0.717, 1.165) is 12.0 Å². The number of halogens is 2. The molecule has 4 nitrogen and oxygen atoms in total. The van der Waals surface area contributed by atoms with Crippen LogP contribution >= 0.6 is 23.2 Å². The first-order valence-corrected chi connectivity index (χ1v) is 8.05. The van der Waals surface area contributed by atoms with Gasteiger partial charge in [0.05, 0.1) is 10.0 Å². The maximum absolute atomic E-state index is 9.87. The van der Waals surface area contributed by atoms with E-state index in [1.807, 2.05) is 12.1 Å². The van der Waals surface area contributed by atoms with E-state index >= 15 is 0 Å². The summed E-state index contributed by atoms with van der Waals surface area (Å²) in [4.78, 5) is 0. The van der Waals surface area contributed by atoms with Gasteiger partial charge < -0.3 is 20.3 Å². The van der Waals surface area contributed by atoms with Gasteiger partial charge in [0.1, 0.15) is 24.2 Å². The summed E-state index contributed by atoms with van der Waals surface area (Å²) in [5.74, 6) is 0.791. The molecule has 0 aliphatic carbocycles. The molecule has 23 heavy (non-hydrogen) atoms. The summed E-state index contributed by atoms with van der Waals surface area (Å²) in [6.07, 6.45) is 0.181. The van der Waals surface area contributed by atoms with Gasteiger partial charge in [-0.25, -0.2) is 0 Å². The fraction of sp³-hybridized carbons (Fsp3) is 0.294. The van der Waals surface area contributed by atoms with Crippen LogP contribution in [-0.2, 0) is 6.42 Å². The number of ether oxygens (including phenoxy) is 1. The molecule has 2 aromatic rings. The highest BCUT2D eigenvalue weighted by Gasteiger charge is 2.05. The van der Waals surface area contributed by atoms with Crippen LogP contribution in [0.5, 0.6) is 11.5 Å². The maximum Gasteiger partial charge on any atom is 0.119 e. The predicted octanol–water partition coefficient (Wildman–Crippen LogP) is 3.27. The SMILES string of the molecule is Oc1ccc(OC[C@@H](O)CNCCc2ccc(Cl)c(Cl)c2)cc1. The van der Waals surface area contributed by atoms with Gasteiger partial charge in [0.25, 0.3) is 0 Å². The van der Waals surface area contributed by atoms with Gasteiger partial charge in [-0.1, -0.05) is 29.3 Å². The van der Waals surface area contributed by atoms with Crippen molar-refractivity contribution in [1.82, 2.24) is 5.32 Å². The van der Waals surface area contributed by atoms with Crippen molar-refractivity contribution in [2.75, 3.05) is 19.7 Å². The van der Waals surface area contributed by atoms with Gasteiger partial charge in [-0.05, 0) is 54.9 Å². The minimum absolute atomic E-state index is 0.182. The van der Waals surface area contributed by atoms with E-state index in [1.165, 1.54) is 12.1 Å². The van der Waals surface area contributed by atoms with Crippen LogP contribution in [0, 0.1) is 0 Å². The van der Waals surface area contributed by atoms with E-state index in [4.69, 9.17) is 27.9 Å². The summed E-state index contributed by atoms with van der Waals surface area (Å²) < 4.78 is 5.43. The number of aromatic hydroxyl groups is 1. The van der Waals surface area contributed by atoms with Crippen molar-refractivity contribution in [3.8, 4) is 11.5 Å². The van der Waals surface area contributed by atoms with Crippen LogP contribution in [0.25, 0.3) is 0 Å². The zero-order valence-corrected chi connectivity index (χ0v) is 14.0. The summed E-state index contributed by atoms with van der Waals surface area (Å²) in [7, 11) is 0. The molecule has 2 aromatic carbocycles. The van der Waals surface area contributed by atoms with Crippen LogP contribution in [0.3, 0.4) is 0 Å². The highest BCUT2D eigenvalue weighted by molar-refractivity contribution is 6.42. The third kappa shape index (κ3) is 6.28. The lowest BCUT2D eigenvalue weighted by Gasteiger charge is -2.13. The molecule has 0 radical (unpaired) electrons. The molecule has 0 saturated heterocycles. The van der Waals surface area contributed by atoms with Crippen molar-refractivity contribution in [2.24, 2.45) is 0 Å². The third-order valence-corrected chi connectivity index (χ3v) is 3.97. The van der Waals surface area contributed by atoms with Crippen LogP contribution in [0.4, 0.5) is 0 Å². The van der Waals surface area contributed by atoms with E-state index in [-0.39, 0.29) is 12.4 Å². The number of phenolic OH excluding ortho intramolecular Hbond substituents is 1. The van der Waals surface area contributed by atoms with Gasteiger partial charge >= 0.3 is 0 Å². The molecule has 6 heteroatoms. The van der Waals surface area contributed by atoms with Crippen molar-refractivity contribution >= 4 is 23.2 Å². The molecule has 0 saturated carbocycles.